The largest absolute Gasteiger partial charge is 0.385 e. The van der Waals surface area contributed by atoms with Crippen LogP contribution in [-0.2, 0) is 0 Å². The maximum atomic E-state index is 5.65. The SMILES string of the molecule is CCCCN1CC(C)C(N)=N1. The van der Waals surface area contributed by atoms with Crippen molar-refractivity contribution < 1.29 is 0 Å². The Hall–Kier alpha value is -0.730. The van der Waals surface area contributed by atoms with Gasteiger partial charge in [0, 0.05) is 19.0 Å². The van der Waals surface area contributed by atoms with Crippen molar-refractivity contribution >= 4 is 5.84 Å². The van der Waals surface area contributed by atoms with Crippen LogP contribution >= 0.6 is 0 Å². The van der Waals surface area contributed by atoms with Gasteiger partial charge in [0.1, 0.15) is 5.84 Å². The van der Waals surface area contributed by atoms with Crippen LogP contribution < -0.4 is 5.73 Å². The zero-order valence-electron chi connectivity index (χ0n) is 7.38. The number of nitrogens with two attached hydrogens (primary N) is 1. The van der Waals surface area contributed by atoms with Gasteiger partial charge >= 0.3 is 0 Å². The lowest BCUT2D eigenvalue weighted by molar-refractivity contribution is 0.295. The topological polar surface area (TPSA) is 41.6 Å². The Morgan fingerprint density at radius 3 is 2.91 bits per heavy atom. The number of amidine groups is 1. The number of rotatable bonds is 3. The standard InChI is InChI=1S/C8H17N3/c1-3-4-5-11-6-7(2)8(9)10-11/h7H,3-6H2,1-2H3,(H2,9,10). The van der Waals surface area contributed by atoms with E-state index in [9.17, 15) is 0 Å². The third-order valence-corrected chi connectivity index (χ3v) is 2.02. The summed E-state index contributed by atoms with van der Waals surface area (Å²) in [5, 5.41) is 6.31. The highest BCUT2D eigenvalue weighted by atomic mass is 15.5. The van der Waals surface area contributed by atoms with E-state index in [0.717, 1.165) is 18.9 Å². The van der Waals surface area contributed by atoms with Crippen LogP contribution in [0.15, 0.2) is 5.10 Å². The first-order valence-electron chi connectivity index (χ1n) is 4.33. The second-order valence-corrected chi connectivity index (χ2v) is 3.19. The number of nitrogens with zero attached hydrogens (tertiary/aromatic N) is 2. The van der Waals surface area contributed by atoms with Gasteiger partial charge in [0.15, 0.2) is 0 Å². The Kier molecular flexibility index (Phi) is 2.74. The highest BCUT2D eigenvalue weighted by Gasteiger charge is 2.18. The second-order valence-electron chi connectivity index (χ2n) is 3.19. The van der Waals surface area contributed by atoms with Gasteiger partial charge in [-0.15, -0.1) is 0 Å². The summed E-state index contributed by atoms with van der Waals surface area (Å²) in [6, 6.07) is 0. The molecule has 0 radical (unpaired) electrons. The van der Waals surface area contributed by atoms with Crippen molar-refractivity contribution in [3.05, 3.63) is 0 Å². The molecule has 0 saturated carbocycles. The minimum absolute atomic E-state index is 0.451. The monoisotopic (exact) mass is 155 g/mol. The molecular weight excluding hydrogens is 138 g/mol. The number of unbranched alkanes of at least 4 members (excludes halogenated alkanes) is 1. The number of hydrazone groups is 1. The van der Waals surface area contributed by atoms with Gasteiger partial charge in [-0.1, -0.05) is 20.3 Å². The highest BCUT2D eigenvalue weighted by Crippen LogP contribution is 2.10. The molecule has 64 valence electrons. The van der Waals surface area contributed by atoms with E-state index in [2.05, 4.69) is 24.0 Å². The summed E-state index contributed by atoms with van der Waals surface area (Å²) in [6.45, 7) is 6.37. The summed E-state index contributed by atoms with van der Waals surface area (Å²) in [4.78, 5) is 0. The minimum atomic E-state index is 0.451. The summed E-state index contributed by atoms with van der Waals surface area (Å²) in [5.74, 6) is 1.24. The van der Waals surface area contributed by atoms with E-state index in [1.54, 1.807) is 0 Å². The highest BCUT2D eigenvalue weighted by molar-refractivity contribution is 5.83. The fourth-order valence-electron chi connectivity index (χ4n) is 1.19. The summed E-state index contributed by atoms with van der Waals surface area (Å²) in [5.41, 5.74) is 5.65. The third kappa shape index (κ3) is 2.10. The molecule has 0 aromatic heterocycles. The molecule has 0 spiro atoms. The molecule has 11 heavy (non-hydrogen) atoms. The third-order valence-electron chi connectivity index (χ3n) is 2.02. The summed E-state index contributed by atoms with van der Waals surface area (Å²) in [7, 11) is 0. The van der Waals surface area contributed by atoms with Crippen LogP contribution in [0.4, 0.5) is 0 Å². The average molecular weight is 155 g/mol. The molecule has 1 rings (SSSR count). The Morgan fingerprint density at radius 1 is 1.73 bits per heavy atom. The van der Waals surface area contributed by atoms with E-state index in [0.29, 0.717) is 5.92 Å². The van der Waals surface area contributed by atoms with Gasteiger partial charge in [0.2, 0.25) is 0 Å². The van der Waals surface area contributed by atoms with Crippen LogP contribution in [0, 0.1) is 5.92 Å². The minimum Gasteiger partial charge on any atom is -0.385 e. The first-order valence-corrected chi connectivity index (χ1v) is 4.33. The molecule has 2 N–H and O–H groups in total. The summed E-state index contributed by atoms with van der Waals surface area (Å²) in [6.07, 6.45) is 2.43. The van der Waals surface area contributed by atoms with Crippen LogP contribution in [0.5, 0.6) is 0 Å². The molecule has 3 heteroatoms. The maximum Gasteiger partial charge on any atom is 0.124 e. The zero-order valence-corrected chi connectivity index (χ0v) is 7.38. The van der Waals surface area contributed by atoms with Crippen molar-refractivity contribution in [2.24, 2.45) is 16.8 Å². The lowest BCUT2D eigenvalue weighted by Crippen LogP contribution is -2.21. The van der Waals surface area contributed by atoms with Gasteiger partial charge in [-0.3, -0.25) is 5.01 Å². The van der Waals surface area contributed by atoms with Gasteiger partial charge in [0.05, 0.1) is 0 Å². The van der Waals surface area contributed by atoms with Gasteiger partial charge in [-0.25, -0.2) is 0 Å². The van der Waals surface area contributed by atoms with Crippen molar-refractivity contribution in [2.45, 2.75) is 26.7 Å². The molecule has 0 aromatic carbocycles. The first-order chi connectivity index (χ1) is 5.24. The molecule has 1 aliphatic rings. The first kappa shape index (κ1) is 8.37. The van der Waals surface area contributed by atoms with Gasteiger partial charge in [0.25, 0.3) is 0 Å². The molecule has 1 unspecified atom stereocenters. The molecule has 0 bridgehead atoms. The molecule has 0 aliphatic carbocycles. The van der Waals surface area contributed by atoms with Crippen LogP contribution in [0.25, 0.3) is 0 Å². The van der Waals surface area contributed by atoms with Crippen molar-refractivity contribution in [2.75, 3.05) is 13.1 Å². The predicted molar refractivity (Wildman–Crippen MR) is 47.3 cm³/mol. The van der Waals surface area contributed by atoms with E-state index in [1.807, 2.05) is 0 Å². The van der Waals surface area contributed by atoms with E-state index in [-0.39, 0.29) is 0 Å². The van der Waals surface area contributed by atoms with Crippen LogP contribution in [-0.4, -0.2) is 23.9 Å². The molecule has 1 heterocycles. The average Bonchev–Trinajstić information content (AvgIpc) is 2.28. The molecule has 1 atom stereocenters. The fourth-order valence-corrected chi connectivity index (χ4v) is 1.19. The fraction of sp³-hybridized carbons (Fsp3) is 0.875. The summed E-state index contributed by atoms with van der Waals surface area (Å²) < 4.78 is 0. The molecule has 0 amide bonds. The predicted octanol–water partition coefficient (Wildman–Crippen LogP) is 1.01. The lowest BCUT2D eigenvalue weighted by Gasteiger charge is -2.12. The quantitative estimate of drug-likeness (QED) is 0.661. The van der Waals surface area contributed by atoms with Crippen LogP contribution in [0.3, 0.4) is 0 Å². The molecular formula is C8H17N3. The van der Waals surface area contributed by atoms with Crippen molar-refractivity contribution in [1.29, 1.82) is 0 Å². The lowest BCUT2D eigenvalue weighted by atomic mass is 10.2. The molecule has 0 saturated heterocycles. The maximum absolute atomic E-state index is 5.65. The van der Waals surface area contributed by atoms with E-state index >= 15 is 0 Å². The Labute approximate surface area is 68.3 Å². The Balaban J connectivity index is 2.29. The Bertz CT molecular complexity index is 153. The number of hydrogen-bond acceptors (Lipinski definition) is 3. The van der Waals surface area contributed by atoms with Gasteiger partial charge in [-0.2, -0.15) is 5.10 Å². The van der Waals surface area contributed by atoms with Crippen LogP contribution in [0.2, 0.25) is 0 Å². The molecule has 0 aromatic rings. The zero-order chi connectivity index (χ0) is 8.27. The smallest absolute Gasteiger partial charge is 0.124 e. The van der Waals surface area contributed by atoms with E-state index < -0.39 is 0 Å². The van der Waals surface area contributed by atoms with Gasteiger partial charge in [-0.05, 0) is 6.42 Å². The second kappa shape index (κ2) is 3.60. The van der Waals surface area contributed by atoms with E-state index in [4.69, 9.17) is 5.73 Å². The summed E-state index contributed by atoms with van der Waals surface area (Å²) >= 11 is 0. The van der Waals surface area contributed by atoms with E-state index in [1.165, 1.54) is 12.8 Å². The molecule has 1 aliphatic heterocycles. The normalized spacial score (nSPS) is 24.0. The van der Waals surface area contributed by atoms with Gasteiger partial charge < -0.3 is 5.73 Å². The van der Waals surface area contributed by atoms with Crippen molar-refractivity contribution in [1.82, 2.24) is 5.01 Å². The Morgan fingerprint density at radius 2 is 2.45 bits per heavy atom. The van der Waals surface area contributed by atoms with Crippen molar-refractivity contribution in [3.63, 3.8) is 0 Å². The molecule has 3 nitrogen and oxygen atoms in total. The van der Waals surface area contributed by atoms with Crippen molar-refractivity contribution in [3.8, 4) is 0 Å². The van der Waals surface area contributed by atoms with Crippen LogP contribution in [0.1, 0.15) is 26.7 Å². The number of hydrogen-bond donors (Lipinski definition) is 1. The molecule has 0 fully saturated rings.